The van der Waals surface area contributed by atoms with Crippen LogP contribution >= 0.6 is 0 Å². The number of hydrogen-bond donors (Lipinski definition) is 0. The summed E-state index contributed by atoms with van der Waals surface area (Å²) in [6, 6.07) is 26.9. The van der Waals surface area contributed by atoms with E-state index in [4.69, 9.17) is 9.72 Å². The van der Waals surface area contributed by atoms with E-state index < -0.39 is 5.82 Å². The molecule has 41 heavy (non-hydrogen) atoms. The number of rotatable bonds is 7. The molecule has 1 saturated heterocycles. The number of halogens is 2. The van der Waals surface area contributed by atoms with Gasteiger partial charge in [0.05, 0.1) is 11.0 Å². The standard InChI is InChI=1S/C34H31F2N3O2/c1-23-6-4-8-25(18-23)22-41-32-13-12-27(20-29(32)36)34(40)38-16-14-26(15-17-38)33-37-30-10-2-3-11-31(30)39(33)21-24-7-5-9-28(35)19-24/h2-13,18-20,26H,14-17,21-22H2,1H3. The average molecular weight is 552 g/mol. The van der Waals surface area contributed by atoms with Crippen LogP contribution < -0.4 is 4.74 Å². The first kappa shape index (κ1) is 26.7. The van der Waals surface area contributed by atoms with Crippen LogP contribution in [-0.4, -0.2) is 33.4 Å². The monoisotopic (exact) mass is 551 g/mol. The Balaban J connectivity index is 1.13. The molecule has 1 fully saturated rings. The highest BCUT2D eigenvalue weighted by Crippen LogP contribution is 2.32. The molecule has 1 amide bonds. The number of ether oxygens (including phenoxy) is 1. The van der Waals surface area contributed by atoms with E-state index in [-0.39, 0.29) is 30.0 Å². The lowest BCUT2D eigenvalue weighted by Crippen LogP contribution is -2.38. The van der Waals surface area contributed by atoms with E-state index in [0.717, 1.165) is 46.4 Å². The fraction of sp³-hybridized carbons (Fsp3) is 0.235. The van der Waals surface area contributed by atoms with Crippen LogP contribution in [0.2, 0.25) is 0 Å². The number of amides is 1. The Morgan fingerprint density at radius 1 is 0.902 bits per heavy atom. The molecule has 5 aromatic rings. The maximum atomic E-state index is 14.9. The molecular formula is C34H31F2N3O2. The van der Waals surface area contributed by atoms with Crippen molar-refractivity contribution in [3.05, 3.63) is 131 Å². The van der Waals surface area contributed by atoms with Gasteiger partial charge in [0.2, 0.25) is 0 Å². The van der Waals surface area contributed by atoms with Crippen LogP contribution in [0.3, 0.4) is 0 Å². The first-order valence-corrected chi connectivity index (χ1v) is 13.9. The molecule has 0 spiro atoms. The second kappa shape index (κ2) is 11.5. The van der Waals surface area contributed by atoms with Crippen LogP contribution in [0.5, 0.6) is 5.75 Å². The number of piperidine rings is 1. The fourth-order valence-corrected chi connectivity index (χ4v) is 5.63. The van der Waals surface area contributed by atoms with Crippen molar-refractivity contribution in [2.24, 2.45) is 0 Å². The van der Waals surface area contributed by atoms with Crippen molar-refractivity contribution in [2.75, 3.05) is 13.1 Å². The number of likely N-dealkylation sites (tertiary alicyclic amines) is 1. The van der Waals surface area contributed by atoms with Gasteiger partial charge in [-0.15, -0.1) is 0 Å². The summed E-state index contributed by atoms with van der Waals surface area (Å²) in [4.78, 5) is 20.0. The van der Waals surface area contributed by atoms with Gasteiger partial charge in [-0.1, -0.05) is 54.1 Å². The van der Waals surface area contributed by atoms with Crippen molar-refractivity contribution in [3.63, 3.8) is 0 Å². The molecule has 6 rings (SSSR count). The van der Waals surface area contributed by atoms with Crippen LogP contribution in [0.15, 0.2) is 91.0 Å². The molecule has 0 bridgehead atoms. The minimum absolute atomic E-state index is 0.124. The number of hydrogen-bond acceptors (Lipinski definition) is 3. The van der Waals surface area contributed by atoms with Gasteiger partial charge in [-0.3, -0.25) is 4.79 Å². The molecule has 1 aliphatic rings. The predicted molar refractivity (Wildman–Crippen MR) is 155 cm³/mol. The maximum absolute atomic E-state index is 14.9. The van der Waals surface area contributed by atoms with Crippen LogP contribution in [-0.2, 0) is 13.2 Å². The summed E-state index contributed by atoms with van der Waals surface area (Å²) in [5.41, 5.74) is 5.15. The van der Waals surface area contributed by atoms with Gasteiger partial charge in [-0.05, 0) is 73.4 Å². The molecule has 1 aromatic heterocycles. The van der Waals surface area contributed by atoms with E-state index in [1.54, 1.807) is 23.1 Å². The number of benzene rings is 4. The molecule has 4 aromatic carbocycles. The van der Waals surface area contributed by atoms with Gasteiger partial charge in [-0.25, -0.2) is 13.8 Å². The minimum atomic E-state index is -0.551. The molecule has 0 atom stereocenters. The Morgan fingerprint density at radius 2 is 1.68 bits per heavy atom. The van der Waals surface area contributed by atoms with Gasteiger partial charge >= 0.3 is 0 Å². The first-order valence-electron chi connectivity index (χ1n) is 13.9. The third-order valence-electron chi connectivity index (χ3n) is 7.72. The van der Waals surface area contributed by atoms with Crippen LogP contribution in [0.25, 0.3) is 11.0 Å². The van der Waals surface area contributed by atoms with Gasteiger partial charge < -0.3 is 14.2 Å². The zero-order chi connectivity index (χ0) is 28.3. The number of carbonyl (C=O) groups excluding carboxylic acids is 1. The Morgan fingerprint density at radius 3 is 2.46 bits per heavy atom. The van der Waals surface area contributed by atoms with Crippen LogP contribution in [0, 0.1) is 18.6 Å². The lowest BCUT2D eigenvalue weighted by atomic mass is 9.95. The lowest BCUT2D eigenvalue weighted by Gasteiger charge is -2.32. The average Bonchev–Trinajstić information content (AvgIpc) is 3.34. The van der Waals surface area contributed by atoms with Crippen molar-refractivity contribution in [2.45, 2.75) is 38.8 Å². The molecule has 5 nitrogen and oxygen atoms in total. The topological polar surface area (TPSA) is 47.4 Å². The Labute approximate surface area is 238 Å². The molecule has 0 unspecified atom stereocenters. The molecule has 2 heterocycles. The number of imidazole rings is 1. The summed E-state index contributed by atoms with van der Waals surface area (Å²) < 4.78 is 36.6. The van der Waals surface area contributed by atoms with Gasteiger partial charge in [0.15, 0.2) is 11.6 Å². The molecule has 1 aliphatic heterocycles. The number of carbonyl (C=O) groups is 1. The Hall–Kier alpha value is -4.52. The molecule has 0 saturated carbocycles. The van der Waals surface area contributed by atoms with E-state index in [1.165, 1.54) is 18.2 Å². The fourth-order valence-electron chi connectivity index (χ4n) is 5.63. The normalized spacial score (nSPS) is 14.0. The third-order valence-corrected chi connectivity index (χ3v) is 7.72. The first-order chi connectivity index (χ1) is 19.9. The summed E-state index contributed by atoms with van der Waals surface area (Å²) in [7, 11) is 0. The van der Waals surface area contributed by atoms with Crippen molar-refractivity contribution in [1.29, 1.82) is 0 Å². The quantitative estimate of drug-likeness (QED) is 0.214. The summed E-state index contributed by atoms with van der Waals surface area (Å²) >= 11 is 0. The highest BCUT2D eigenvalue weighted by Gasteiger charge is 2.28. The van der Waals surface area contributed by atoms with E-state index in [1.807, 2.05) is 61.5 Å². The van der Waals surface area contributed by atoms with E-state index in [0.29, 0.717) is 25.2 Å². The highest BCUT2D eigenvalue weighted by atomic mass is 19.1. The van der Waals surface area contributed by atoms with Crippen molar-refractivity contribution in [3.8, 4) is 5.75 Å². The number of para-hydroxylation sites is 2. The number of aromatic nitrogens is 2. The number of aryl methyl sites for hydroxylation is 1. The highest BCUT2D eigenvalue weighted by molar-refractivity contribution is 5.94. The van der Waals surface area contributed by atoms with Gasteiger partial charge in [0.25, 0.3) is 5.91 Å². The molecule has 7 heteroatoms. The predicted octanol–water partition coefficient (Wildman–Crippen LogP) is 7.27. The molecule has 0 radical (unpaired) electrons. The summed E-state index contributed by atoms with van der Waals surface area (Å²) in [6.45, 7) is 3.85. The largest absolute Gasteiger partial charge is 0.486 e. The van der Waals surface area contributed by atoms with Gasteiger partial charge in [0.1, 0.15) is 18.2 Å². The summed E-state index contributed by atoms with van der Waals surface area (Å²) in [6.07, 6.45) is 1.47. The second-order valence-electron chi connectivity index (χ2n) is 10.7. The zero-order valence-electron chi connectivity index (χ0n) is 22.9. The molecule has 208 valence electrons. The number of fused-ring (bicyclic) bond motifs is 1. The zero-order valence-corrected chi connectivity index (χ0v) is 22.9. The van der Waals surface area contributed by atoms with Crippen molar-refractivity contribution < 1.29 is 18.3 Å². The van der Waals surface area contributed by atoms with E-state index >= 15 is 0 Å². The minimum Gasteiger partial charge on any atom is -0.486 e. The Kier molecular flexibility index (Phi) is 7.51. The van der Waals surface area contributed by atoms with Gasteiger partial charge in [0, 0.05) is 31.1 Å². The lowest BCUT2D eigenvalue weighted by molar-refractivity contribution is 0.0710. The Bertz CT molecular complexity index is 1710. The smallest absolute Gasteiger partial charge is 0.253 e. The summed E-state index contributed by atoms with van der Waals surface area (Å²) in [5.74, 6) is 0.213. The van der Waals surface area contributed by atoms with Crippen LogP contribution in [0.4, 0.5) is 8.78 Å². The maximum Gasteiger partial charge on any atom is 0.253 e. The number of nitrogens with zero attached hydrogens (tertiary/aromatic N) is 3. The summed E-state index contributed by atoms with van der Waals surface area (Å²) in [5, 5.41) is 0. The molecule has 0 aliphatic carbocycles. The third kappa shape index (κ3) is 5.85. The van der Waals surface area contributed by atoms with E-state index in [9.17, 15) is 13.6 Å². The van der Waals surface area contributed by atoms with Gasteiger partial charge in [-0.2, -0.15) is 0 Å². The van der Waals surface area contributed by atoms with Crippen molar-refractivity contribution >= 4 is 16.9 Å². The van der Waals surface area contributed by atoms with Crippen molar-refractivity contribution in [1.82, 2.24) is 14.5 Å². The second-order valence-corrected chi connectivity index (χ2v) is 10.7. The van der Waals surface area contributed by atoms with Crippen LogP contribution in [0.1, 0.15) is 51.6 Å². The molecule has 0 N–H and O–H groups in total. The SMILES string of the molecule is Cc1cccc(COc2ccc(C(=O)N3CCC(c4nc5ccccc5n4Cc4cccc(F)c4)CC3)cc2F)c1. The molecular weight excluding hydrogens is 520 g/mol. The van der Waals surface area contributed by atoms with E-state index in [2.05, 4.69) is 4.57 Å².